The Bertz CT molecular complexity index is 467. The molecule has 18 heavy (non-hydrogen) atoms. The van der Waals surface area contributed by atoms with E-state index in [0.29, 0.717) is 13.0 Å². The Kier molecular flexibility index (Phi) is 6.22. The molecule has 1 heterocycles. The number of aliphatic hydroxyl groups is 1. The number of ether oxygens (including phenoxy) is 1. The van der Waals surface area contributed by atoms with Gasteiger partial charge in [0.1, 0.15) is 4.21 Å². The number of methoxy groups -OCH3 is 1. The third-order valence-corrected chi connectivity index (χ3v) is 6.44. The van der Waals surface area contributed by atoms with Crippen LogP contribution in [0.1, 0.15) is 12.0 Å². The SMILES string of the molecule is COCCC(CO)NS(=O)(=O)c1cc(C)c(Br)s1. The lowest BCUT2D eigenvalue weighted by molar-refractivity contribution is 0.166. The van der Waals surface area contributed by atoms with E-state index in [0.717, 1.165) is 20.7 Å². The van der Waals surface area contributed by atoms with Crippen LogP contribution in [-0.2, 0) is 14.8 Å². The molecule has 1 unspecified atom stereocenters. The first-order valence-electron chi connectivity index (χ1n) is 5.28. The largest absolute Gasteiger partial charge is 0.395 e. The highest BCUT2D eigenvalue weighted by Crippen LogP contribution is 2.30. The maximum Gasteiger partial charge on any atom is 0.250 e. The molecule has 0 saturated heterocycles. The van der Waals surface area contributed by atoms with Gasteiger partial charge in [0.2, 0.25) is 10.0 Å². The third-order valence-electron chi connectivity index (χ3n) is 2.31. The summed E-state index contributed by atoms with van der Waals surface area (Å²) >= 11 is 4.44. The van der Waals surface area contributed by atoms with Crippen molar-refractivity contribution >= 4 is 37.3 Å². The van der Waals surface area contributed by atoms with Crippen molar-refractivity contribution in [3.05, 3.63) is 15.4 Å². The van der Waals surface area contributed by atoms with E-state index < -0.39 is 16.1 Å². The van der Waals surface area contributed by atoms with Gasteiger partial charge in [0, 0.05) is 19.8 Å². The zero-order valence-electron chi connectivity index (χ0n) is 10.1. The molecule has 5 nitrogen and oxygen atoms in total. The van der Waals surface area contributed by atoms with Crippen molar-refractivity contribution < 1.29 is 18.3 Å². The Morgan fingerprint density at radius 2 is 2.28 bits per heavy atom. The molecule has 0 aromatic carbocycles. The predicted molar refractivity (Wildman–Crippen MR) is 74.4 cm³/mol. The monoisotopic (exact) mass is 357 g/mol. The Hall–Kier alpha value is 0.01000. The molecular formula is C10H16BrNO4S2. The van der Waals surface area contributed by atoms with Gasteiger partial charge in [0.15, 0.2) is 0 Å². The van der Waals surface area contributed by atoms with Gasteiger partial charge in [-0.2, -0.15) is 0 Å². The number of halogens is 1. The summed E-state index contributed by atoms with van der Waals surface area (Å²) in [5.74, 6) is 0. The highest BCUT2D eigenvalue weighted by Gasteiger charge is 2.22. The second-order valence-electron chi connectivity index (χ2n) is 3.80. The summed E-state index contributed by atoms with van der Waals surface area (Å²) < 4.78 is 32.5. The van der Waals surface area contributed by atoms with Gasteiger partial charge in [-0.3, -0.25) is 0 Å². The standard InChI is InChI=1S/C10H16BrNO4S2/c1-7-5-9(17-10(7)11)18(14,15)12-8(6-13)3-4-16-2/h5,8,12-13H,3-4,6H2,1-2H3. The van der Waals surface area contributed by atoms with Crippen LogP contribution in [0.15, 0.2) is 14.1 Å². The van der Waals surface area contributed by atoms with Crippen molar-refractivity contribution in [2.75, 3.05) is 20.3 Å². The van der Waals surface area contributed by atoms with E-state index in [1.165, 1.54) is 7.11 Å². The molecule has 0 amide bonds. The van der Waals surface area contributed by atoms with E-state index in [1.807, 2.05) is 6.92 Å². The lowest BCUT2D eigenvalue weighted by Crippen LogP contribution is -2.37. The molecule has 1 aromatic rings. The normalized spacial score (nSPS) is 13.8. The van der Waals surface area contributed by atoms with Crippen molar-refractivity contribution in [3.63, 3.8) is 0 Å². The van der Waals surface area contributed by atoms with Crippen LogP contribution >= 0.6 is 27.3 Å². The van der Waals surface area contributed by atoms with Crippen LogP contribution in [-0.4, -0.2) is 39.9 Å². The second-order valence-corrected chi connectivity index (χ2v) is 8.12. The number of hydrogen-bond donors (Lipinski definition) is 2. The lowest BCUT2D eigenvalue weighted by Gasteiger charge is -2.14. The highest BCUT2D eigenvalue weighted by atomic mass is 79.9. The summed E-state index contributed by atoms with van der Waals surface area (Å²) in [7, 11) is -2.05. The summed E-state index contributed by atoms with van der Waals surface area (Å²) in [5, 5.41) is 9.13. The minimum atomic E-state index is -3.58. The number of hydrogen-bond acceptors (Lipinski definition) is 5. The van der Waals surface area contributed by atoms with Gasteiger partial charge in [-0.1, -0.05) is 0 Å². The number of sulfonamides is 1. The molecule has 1 aromatic heterocycles. The van der Waals surface area contributed by atoms with Gasteiger partial charge in [-0.25, -0.2) is 13.1 Å². The van der Waals surface area contributed by atoms with E-state index >= 15 is 0 Å². The minimum Gasteiger partial charge on any atom is -0.395 e. The van der Waals surface area contributed by atoms with Gasteiger partial charge < -0.3 is 9.84 Å². The first-order chi connectivity index (χ1) is 8.40. The van der Waals surface area contributed by atoms with Crippen molar-refractivity contribution in [1.29, 1.82) is 0 Å². The molecule has 1 rings (SSSR count). The molecule has 0 aliphatic rings. The van der Waals surface area contributed by atoms with Gasteiger partial charge in [-0.05, 0) is 40.9 Å². The average molecular weight is 358 g/mol. The third kappa shape index (κ3) is 4.29. The first kappa shape index (κ1) is 16.1. The maximum absolute atomic E-state index is 12.1. The molecule has 1 atom stereocenters. The van der Waals surface area contributed by atoms with Gasteiger partial charge in [0.25, 0.3) is 0 Å². The number of thiophene rings is 1. The zero-order valence-corrected chi connectivity index (χ0v) is 13.4. The smallest absolute Gasteiger partial charge is 0.250 e. The average Bonchev–Trinajstić information content (AvgIpc) is 2.66. The van der Waals surface area contributed by atoms with Crippen molar-refractivity contribution in [2.24, 2.45) is 0 Å². The van der Waals surface area contributed by atoms with E-state index in [2.05, 4.69) is 20.7 Å². The summed E-state index contributed by atoms with van der Waals surface area (Å²) in [6, 6.07) is 1.07. The van der Waals surface area contributed by atoms with E-state index in [1.54, 1.807) is 6.07 Å². The Labute approximate surface area is 119 Å². The lowest BCUT2D eigenvalue weighted by atomic mass is 10.2. The molecule has 0 bridgehead atoms. The van der Waals surface area contributed by atoms with Crippen molar-refractivity contribution in [3.8, 4) is 0 Å². The summed E-state index contributed by atoms with van der Waals surface area (Å²) in [6.07, 6.45) is 0.428. The Morgan fingerprint density at radius 3 is 2.72 bits per heavy atom. The Balaban J connectivity index is 2.80. The molecule has 0 aliphatic heterocycles. The second kappa shape index (κ2) is 6.97. The molecule has 2 N–H and O–H groups in total. The maximum atomic E-state index is 12.1. The summed E-state index contributed by atoms with van der Waals surface area (Å²) in [5.41, 5.74) is 0.873. The van der Waals surface area contributed by atoms with E-state index in [4.69, 9.17) is 9.84 Å². The zero-order chi connectivity index (χ0) is 13.8. The summed E-state index contributed by atoms with van der Waals surface area (Å²) in [4.78, 5) is 0. The molecule has 0 saturated carbocycles. The fraction of sp³-hybridized carbons (Fsp3) is 0.600. The van der Waals surface area contributed by atoms with Crippen LogP contribution in [0.2, 0.25) is 0 Å². The van der Waals surface area contributed by atoms with Gasteiger partial charge in [-0.15, -0.1) is 11.3 Å². The number of aliphatic hydroxyl groups excluding tert-OH is 1. The van der Waals surface area contributed by atoms with Crippen molar-refractivity contribution in [1.82, 2.24) is 4.72 Å². The summed E-state index contributed by atoms with van der Waals surface area (Å²) in [6.45, 7) is 1.96. The topological polar surface area (TPSA) is 75.6 Å². The molecule has 8 heteroatoms. The van der Waals surface area contributed by atoms with Gasteiger partial charge in [0.05, 0.1) is 10.4 Å². The van der Waals surface area contributed by atoms with E-state index in [-0.39, 0.29) is 10.8 Å². The molecule has 0 radical (unpaired) electrons. The minimum absolute atomic E-state index is 0.239. The number of nitrogens with one attached hydrogen (secondary N) is 1. The van der Waals surface area contributed by atoms with Crippen LogP contribution in [0, 0.1) is 6.92 Å². The number of rotatable bonds is 7. The van der Waals surface area contributed by atoms with E-state index in [9.17, 15) is 8.42 Å². The fourth-order valence-electron chi connectivity index (χ4n) is 1.29. The Morgan fingerprint density at radius 1 is 1.61 bits per heavy atom. The molecule has 0 spiro atoms. The van der Waals surface area contributed by atoms with Crippen LogP contribution in [0.25, 0.3) is 0 Å². The molecule has 104 valence electrons. The van der Waals surface area contributed by atoms with Crippen LogP contribution < -0.4 is 4.72 Å². The predicted octanol–water partition coefficient (Wildman–Crippen LogP) is 1.49. The van der Waals surface area contributed by atoms with Crippen LogP contribution in [0.5, 0.6) is 0 Å². The number of aryl methyl sites for hydroxylation is 1. The quantitative estimate of drug-likeness (QED) is 0.775. The molecule has 0 aliphatic carbocycles. The molecular weight excluding hydrogens is 342 g/mol. The first-order valence-corrected chi connectivity index (χ1v) is 8.38. The van der Waals surface area contributed by atoms with Crippen LogP contribution in [0.4, 0.5) is 0 Å². The fourth-order valence-corrected chi connectivity index (χ4v) is 4.79. The van der Waals surface area contributed by atoms with Crippen molar-refractivity contribution in [2.45, 2.75) is 23.6 Å². The van der Waals surface area contributed by atoms with Gasteiger partial charge >= 0.3 is 0 Å². The van der Waals surface area contributed by atoms with Crippen LogP contribution in [0.3, 0.4) is 0 Å². The highest BCUT2D eigenvalue weighted by molar-refractivity contribution is 9.11. The molecule has 0 fully saturated rings.